The molecule has 0 aliphatic heterocycles. The highest BCUT2D eigenvalue weighted by atomic mass is 15.2. The van der Waals surface area contributed by atoms with E-state index in [4.69, 9.17) is 5.84 Å². The maximum absolute atomic E-state index is 5.80. The fraction of sp³-hybridized carbons (Fsp3) is 0.333. The van der Waals surface area contributed by atoms with Crippen molar-refractivity contribution >= 4 is 0 Å². The van der Waals surface area contributed by atoms with Crippen molar-refractivity contribution in [3.8, 4) is 0 Å². The molecule has 20 heavy (non-hydrogen) atoms. The Hall–Kier alpha value is -1.64. The van der Waals surface area contributed by atoms with E-state index < -0.39 is 0 Å². The summed E-state index contributed by atoms with van der Waals surface area (Å²) >= 11 is 0. The van der Waals surface area contributed by atoms with Gasteiger partial charge in [-0.1, -0.05) is 67.6 Å². The van der Waals surface area contributed by atoms with Gasteiger partial charge in [0.2, 0.25) is 0 Å². The van der Waals surface area contributed by atoms with Crippen LogP contribution in [0.4, 0.5) is 0 Å². The number of hydrazine groups is 1. The second-order valence-corrected chi connectivity index (χ2v) is 5.22. The summed E-state index contributed by atoms with van der Waals surface area (Å²) in [7, 11) is 0. The molecule has 0 aliphatic rings. The van der Waals surface area contributed by atoms with Gasteiger partial charge < -0.3 is 0 Å². The van der Waals surface area contributed by atoms with Crippen LogP contribution in [0.1, 0.15) is 36.8 Å². The third-order valence-electron chi connectivity index (χ3n) is 3.95. The highest BCUT2D eigenvalue weighted by Gasteiger charge is 2.20. The van der Waals surface area contributed by atoms with Crippen LogP contribution in [0.3, 0.4) is 0 Å². The third-order valence-corrected chi connectivity index (χ3v) is 3.95. The molecule has 2 aromatic carbocycles. The lowest BCUT2D eigenvalue weighted by Crippen LogP contribution is -2.40. The van der Waals surface area contributed by atoms with Crippen molar-refractivity contribution in [2.75, 3.05) is 0 Å². The predicted molar refractivity (Wildman–Crippen MR) is 85.3 cm³/mol. The van der Waals surface area contributed by atoms with Gasteiger partial charge in [0.1, 0.15) is 0 Å². The first-order chi connectivity index (χ1) is 9.85. The molecule has 3 N–H and O–H groups in total. The topological polar surface area (TPSA) is 38.0 Å². The molecule has 0 heterocycles. The van der Waals surface area contributed by atoms with E-state index in [1.54, 1.807) is 0 Å². The summed E-state index contributed by atoms with van der Waals surface area (Å²) in [5, 5.41) is 0. The zero-order valence-electron chi connectivity index (χ0n) is 12.1. The van der Waals surface area contributed by atoms with Crippen LogP contribution in [0, 0.1) is 0 Å². The minimum absolute atomic E-state index is 0.308. The smallest absolute Gasteiger partial charge is 0.0282 e. The molecule has 0 aromatic heterocycles. The van der Waals surface area contributed by atoms with Crippen molar-refractivity contribution in [3.05, 3.63) is 71.8 Å². The van der Waals surface area contributed by atoms with Crippen LogP contribution >= 0.6 is 0 Å². The Kier molecular flexibility index (Phi) is 5.78. The summed E-state index contributed by atoms with van der Waals surface area (Å²) in [4.78, 5) is 0. The molecular formula is C18H24N2. The lowest BCUT2D eigenvalue weighted by molar-refractivity contribution is 0.406. The van der Waals surface area contributed by atoms with Crippen molar-refractivity contribution in [3.63, 3.8) is 0 Å². The predicted octanol–water partition coefficient (Wildman–Crippen LogP) is 3.64. The van der Waals surface area contributed by atoms with Gasteiger partial charge in [-0.15, -0.1) is 0 Å². The molecule has 0 fully saturated rings. The summed E-state index contributed by atoms with van der Waals surface area (Å²) in [5.41, 5.74) is 5.76. The van der Waals surface area contributed by atoms with Crippen molar-refractivity contribution in [2.45, 2.75) is 38.1 Å². The normalized spacial score (nSPS) is 13.9. The molecule has 2 rings (SSSR count). The van der Waals surface area contributed by atoms with E-state index in [9.17, 15) is 0 Å². The molecule has 0 amide bonds. The van der Waals surface area contributed by atoms with Gasteiger partial charge in [-0.3, -0.25) is 11.3 Å². The zero-order chi connectivity index (χ0) is 14.2. The van der Waals surface area contributed by atoms with Gasteiger partial charge in [0, 0.05) is 12.0 Å². The van der Waals surface area contributed by atoms with E-state index in [1.807, 2.05) is 0 Å². The quantitative estimate of drug-likeness (QED) is 0.594. The van der Waals surface area contributed by atoms with Crippen molar-refractivity contribution in [1.82, 2.24) is 5.43 Å². The number of nitrogens with two attached hydrogens (primary N) is 1. The molecule has 106 valence electrons. The first kappa shape index (κ1) is 14.8. The standard InChI is InChI=1S/C18H24N2/c1-2-17(16-11-7-4-8-12-16)18(20-19)14-13-15-9-5-3-6-10-15/h3-12,17-18,20H,2,13-14,19H2,1H3. The van der Waals surface area contributed by atoms with Crippen molar-refractivity contribution in [1.29, 1.82) is 0 Å². The molecule has 0 bridgehead atoms. The fourth-order valence-corrected chi connectivity index (χ4v) is 2.82. The molecule has 2 heteroatoms. The molecule has 0 radical (unpaired) electrons. The number of aryl methyl sites for hydroxylation is 1. The van der Waals surface area contributed by atoms with Crippen LogP contribution in [0.2, 0.25) is 0 Å². The SMILES string of the molecule is CCC(c1ccccc1)C(CCc1ccccc1)NN. The highest BCUT2D eigenvalue weighted by Crippen LogP contribution is 2.25. The molecule has 2 nitrogen and oxygen atoms in total. The Morgan fingerprint density at radius 3 is 2.10 bits per heavy atom. The Labute approximate surface area is 122 Å². The molecule has 0 aliphatic carbocycles. The second-order valence-electron chi connectivity index (χ2n) is 5.22. The Bertz CT molecular complexity index is 481. The average Bonchev–Trinajstić information content (AvgIpc) is 2.53. The summed E-state index contributed by atoms with van der Waals surface area (Å²) < 4.78 is 0. The number of rotatable bonds is 7. The van der Waals surface area contributed by atoms with E-state index in [1.165, 1.54) is 11.1 Å². The number of hydrogen-bond donors (Lipinski definition) is 2. The minimum atomic E-state index is 0.308. The summed E-state index contributed by atoms with van der Waals surface area (Å²) in [6, 6.07) is 21.6. The summed E-state index contributed by atoms with van der Waals surface area (Å²) in [6.45, 7) is 2.23. The fourth-order valence-electron chi connectivity index (χ4n) is 2.82. The molecular weight excluding hydrogens is 244 g/mol. The number of benzene rings is 2. The van der Waals surface area contributed by atoms with Crippen LogP contribution in [-0.2, 0) is 6.42 Å². The number of nitrogens with one attached hydrogen (secondary N) is 1. The van der Waals surface area contributed by atoms with Crippen LogP contribution in [-0.4, -0.2) is 6.04 Å². The minimum Gasteiger partial charge on any atom is -0.271 e. The maximum Gasteiger partial charge on any atom is 0.0282 e. The van der Waals surface area contributed by atoms with Gasteiger partial charge in [0.05, 0.1) is 0 Å². The lowest BCUT2D eigenvalue weighted by atomic mass is 9.86. The molecule has 0 saturated heterocycles. The lowest BCUT2D eigenvalue weighted by Gasteiger charge is -2.26. The van der Waals surface area contributed by atoms with Gasteiger partial charge >= 0.3 is 0 Å². The zero-order valence-corrected chi connectivity index (χ0v) is 12.1. The molecule has 0 saturated carbocycles. The Morgan fingerprint density at radius 1 is 0.950 bits per heavy atom. The van der Waals surface area contributed by atoms with E-state index >= 15 is 0 Å². The van der Waals surface area contributed by atoms with E-state index in [0.29, 0.717) is 12.0 Å². The Balaban J connectivity index is 2.03. The molecule has 2 atom stereocenters. The van der Waals surface area contributed by atoms with Gasteiger partial charge in [0.25, 0.3) is 0 Å². The van der Waals surface area contributed by atoms with Crippen LogP contribution in [0.5, 0.6) is 0 Å². The van der Waals surface area contributed by atoms with Gasteiger partial charge in [-0.2, -0.15) is 0 Å². The first-order valence-corrected chi connectivity index (χ1v) is 7.40. The van der Waals surface area contributed by atoms with E-state index in [-0.39, 0.29) is 0 Å². The van der Waals surface area contributed by atoms with Gasteiger partial charge in [-0.25, -0.2) is 0 Å². The third kappa shape index (κ3) is 3.92. The van der Waals surface area contributed by atoms with Gasteiger partial charge in [0.15, 0.2) is 0 Å². The Morgan fingerprint density at radius 2 is 1.55 bits per heavy atom. The largest absolute Gasteiger partial charge is 0.271 e. The van der Waals surface area contributed by atoms with E-state index in [2.05, 4.69) is 73.0 Å². The molecule has 0 spiro atoms. The van der Waals surface area contributed by atoms with Crippen LogP contribution in [0.15, 0.2) is 60.7 Å². The molecule has 2 unspecified atom stereocenters. The van der Waals surface area contributed by atoms with Crippen LogP contribution < -0.4 is 11.3 Å². The summed E-state index contributed by atoms with van der Waals surface area (Å²) in [5.74, 6) is 6.26. The average molecular weight is 268 g/mol. The number of hydrogen-bond acceptors (Lipinski definition) is 2. The van der Waals surface area contributed by atoms with Crippen molar-refractivity contribution < 1.29 is 0 Å². The van der Waals surface area contributed by atoms with E-state index in [0.717, 1.165) is 19.3 Å². The van der Waals surface area contributed by atoms with Crippen molar-refractivity contribution in [2.24, 2.45) is 5.84 Å². The first-order valence-electron chi connectivity index (χ1n) is 7.40. The second kappa shape index (κ2) is 7.83. The highest BCUT2D eigenvalue weighted by molar-refractivity contribution is 5.22. The van der Waals surface area contributed by atoms with Crippen LogP contribution in [0.25, 0.3) is 0 Å². The van der Waals surface area contributed by atoms with Gasteiger partial charge in [-0.05, 0) is 30.4 Å². The summed E-state index contributed by atoms with van der Waals surface area (Å²) in [6.07, 6.45) is 3.20. The monoisotopic (exact) mass is 268 g/mol. The molecule has 2 aromatic rings. The maximum atomic E-state index is 5.80.